The molecule has 1 aromatic carbocycles. The Morgan fingerprint density at radius 3 is 2.36 bits per heavy atom. The number of aliphatic carboxylic acids is 1. The van der Waals surface area contributed by atoms with Crippen LogP contribution in [0.4, 0.5) is 17.6 Å². The SMILES string of the molecule is N[C@@H](Cc1cccc(C2[C@@H](F)[C@@H](F)C[C@@H](F)[C@H]2F)c1)C(=O)O. The number of carbonyl (C=O) groups is 1. The van der Waals surface area contributed by atoms with E-state index in [0.717, 1.165) is 0 Å². The molecule has 22 heavy (non-hydrogen) atoms. The van der Waals surface area contributed by atoms with E-state index in [4.69, 9.17) is 10.8 Å². The van der Waals surface area contributed by atoms with Gasteiger partial charge in [0.1, 0.15) is 30.7 Å². The lowest BCUT2D eigenvalue weighted by Gasteiger charge is -2.34. The van der Waals surface area contributed by atoms with E-state index in [0.29, 0.717) is 5.56 Å². The summed E-state index contributed by atoms with van der Waals surface area (Å²) in [6.45, 7) is 0. The van der Waals surface area contributed by atoms with Crippen molar-refractivity contribution < 1.29 is 27.5 Å². The molecule has 3 nitrogen and oxygen atoms in total. The zero-order valence-electron chi connectivity index (χ0n) is 11.6. The molecule has 2 rings (SSSR count). The van der Waals surface area contributed by atoms with Gasteiger partial charge in [-0.1, -0.05) is 24.3 Å². The number of carboxylic acid groups (broad SMARTS) is 1. The molecule has 0 amide bonds. The van der Waals surface area contributed by atoms with Crippen molar-refractivity contribution in [2.24, 2.45) is 5.73 Å². The third-order valence-corrected chi connectivity index (χ3v) is 3.94. The quantitative estimate of drug-likeness (QED) is 0.838. The largest absolute Gasteiger partial charge is 0.480 e. The minimum absolute atomic E-state index is 0.0398. The highest BCUT2D eigenvalue weighted by molar-refractivity contribution is 5.73. The summed E-state index contributed by atoms with van der Waals surface area (Å²) < 4.78 is 54.9. The molecule has 1 fully saturated rings. The van der Waals surface area contributed by atoms with Gasteiger partial charge in [-0.25, -0.2) is 17.6 Å². The van der Waals surface area contributed by atoms with Crippen LogP contribution in [-0.4, -0.2) is 41.8 Å². The highest BCUT2D eigenvalue weighted by Crippen LogP contribution is 2.40. The maximum atomic E-state index is 14.0. The first-order valence-electron chi connectivity index (χ1n) is 6.94. The number of hydrogen-bond acceptors (Lipinski definition) is 2. The first-order chi connectivity index (χ1) is 10.3. The van der Waals surface area contributed by atoms with Crippen LogP contribution in [0.25, 0.3) is 0 Å². The van der Waals surface area contributed by atoms with Crippen molar-refractivity contribution >= 4 is 5.97 Å². The van der Waals surface area contributed by atoms with E-state index in [9.17, 15) is 22.4 Å². The molecule has 0 aromatic heterocycles. The Bertz CT molecular complexity index is 528. The van der Waals surface area contributed by atoms with Crippen LogP contribution in [0.15, 0.2) is 24.3 Å². The summed E-state index contributed by atoms with van der Waals surface area (Å²) in [6, 6.07) is 4.59. The molecule has 0 spiro atoms. The van der Waals surface area contributed by atoms with Crippen molar-refractivity contribution in [3.05, 3.63) is 35.4 Å². The average molecular weight is 319 g/mol. The molecule has 0 bridgehead atoms. The molecule has 0 radical (unpaired) electrons. The zero-order chi connectivity index (χ0) is 16.4. The van der Waals surface area contributed by atoms with Gasteiger partial charge in [-0.3, -0.25) is 4.79 Å². The van der Waals surface area contributed by atoms with Crippen molar-refractivity contribution in [1.29, 1.82) is 0 Å². The van der Waals surface area contributed by atoms with E-state index in [1.165, 1.54) is 18.2 Å². The number of rotatable bonds is 4. The minimum atomic E-state index is -2.13. The maximum absolute atomic E-state index is 14.0. The van der Waals surface area contributed by atoms with Gasteiger partial charge in [0.05, 0.1) is 5.92 Å². The summed E-state index contributed by atoms with van der Waals surface area (Å²) in [5, 5.41) is 8.77. The van der Waals surface area contributed by atoms with Crippen molar-refractivity contribution in [1.82, 2.24) is 0 Å². The van der Waals surface area contributed by atoms with Crippen molar-refractivity contribution in [3.8, 4) is 0 Å². The summed E-state index contributed by atoms with van der Waals surface area (Å²) in [4.78, 5) is 10.7. The third kappa shape index (κ3) is 3.40. The lowest BCUT2D eigenvalue weighted by atomic mass is 9.78. The molecule has 1 saturated carbocycles. The second kappa shape index (κ2) is 6.64. The molecule has 122 valence electrons. The molecule has 1 aromatic rings. The van der Waals surface area contributed by atoms with Gasteiger partial charge in [0.25, 0.3) is 0 Å². The fourth-order valence-corrected chi connectivity index (χ4v) is 2.74. The Morgan fingerprint density at radius 1 is 1.23 bits per heavy atom. The number of carboxylic acids is 1. The van der Waals surface area contributed by atoms with Crippen LogP contribution in [0.2, 0.25) is 0 Å². The lowest BCUT2D eigenvalue weighted by molar-refractivity contribution is -0.138. The van der Waals surface area contributed by atoms with E-state index in [-0.39, 0.29) is 12.0 Å². The number of halogens is 4. The normalized spacial score (nSPS) is 33.4. The van der Waals surface area contributed by atoms with E-state index in [2.05, 4.69) is 0 Å². The lowest BCUT2D eigenvalue weighted by Crippen LogP contribution is -2.44. The van der Waals surface area contributed by atoms with Gasteiger partial charge >= 0.3 is 5.97 Å². The standard InChI is InChI=1S/C15H17F4NO2/c16-9-6-10(17)14(19)12(13(9)18)8-3-1-2-7(4-8)5-11(20)15(21)22/h1-4,9-14H,5-6,20H2,(H,21,22)/t9-,10+,11-,12?,13-,14+/m0/s1. The van der Waals surface area contributed by atoms with Gasteiger partial charge in [0.2, 0.25) is 0 Å². The molecule has 6 atom stereocenters. The Balaban J connectivity index is 2.25. The summed E-state index contributed by atoms with van der Waals surface area (Å²) in [5.74, 6) is -2.75. The molecule has 0 aliphatic heterocycles. The molecule has 0 saturated heterocycles. The maximum Gasteiger partial charge on any atom is 0.320 e. The van der Waals surface area contributed by atoms with Gasteiger partial charge in [-0.05, 0) is 17.5 Å². The Hall–Kier alpha value is -1.63. The first-order valence-corrected chi connectivity index (χ1v) is 6.94. The van der Waals surface area contributed by atoms with Crippen LogP contribution in [0.1, 0.15) is 23.5 Å². The Morgan fingerprint density at radius 2 is 1.82 bits per heavy atom. The summed E-state index contributed by atoms with van der Waals surface area (Å²) in [6.07, 6.45) is -9.21. The van der Waals surface area contributed by atoms with Gasteiger partial charge in [-0.15, -0.1) is 0 Å². The first kappa shape index (κ1) is 16.7. The molecule has 1 aliphatic rings. The van der Waals surface area contributed by atoms with E-state index < -0.39 is 49.0 Å². The zero-order valence-corrected chi connectivity index (χ0v) is 11.6. The highest BCUT2D eigenvalue weighted by Gasteiger charge is 2.47. The molecule has 1 unspecified atom stereocenters. The number of benzene rings is 1. The molecule has 7 heteroatoms. The Labute approximate surface area is 125 Å². The summed E-state index contributed by atoms with van der Waals surface area (Å²) in [7, 11) is 0. The van der Waals surface area contributed by atoms with Crippen molar-refractivity contribution in [3.63, 3.8) is 0 Å². The predicted molar refractivity (Wildman–Crippen MR) is 72.7 cm³/mol. The van der Waals surface area contributed by atoms with Crippen molar-refractivity contribution in [2.45, 2.75) is 49.5 Å². The van der Waals surface area contributed by atoms with Crippen LogP contribution in [0, 0.1) is 0 Å². The van der Waals surface area contributed by atoms with Crippen LogP contribution >= 0.6 is 0 Å². The predicted octanol–water partition coefficient (Wildman–Crippen LogP) is 2.48. The van der Waals surface area contributed by atoms with E-state index in [1.807, 2.05) is 0 Å². The van der Waals surface area contributed by atoms with Crippen LogP contribution in [0.5, 0.6) is 0 Å². The average Bonchev–Trinajstić information content (AvgIpc) is 2.46. The minimum Gasteiger partial charge on any atom is -0.480 e. The van der Waals surface area contributed by atoms with Crippen molar-refractivity contribution in [2.75, 3.05) is 0 Å². The van der Waals surface area contributed by atoms with Crippen LogP contribution < -0.4 is 5.73 Å². The monoisotopic (exact) mass is 319 g/mol. The van der Waals surface area contributed by atoms with Gasteiger partial charge in [0.15, 0.2) is 0 Å². The molecule has 3 N–H and O–H groups in total. The number of nitrogens with two attached hydrogens (primary N) is 1. The molecule has 1 aliphatic carbocycles. The smallest absolute Gasteiger partial charge is 0.320 e. The van der Waals surface area contributed by atoms with Crippen LogP contribution in [-0.2, 0) is 11.2 Å². The van der Waals surface area contributed by atoms with E-state index >= 15 is 0 Å². The Kier molecular flexibility index (Phi) is 5.05. The third-order valence-electron chi connectivity index (χ3n) is 3.94. The highest BCUT2D eigenvalue weighted by atomic mass is 19.2. The topological polar surface area (TPSA) is 63.3 Å². The van der Waals surface area contributed by atoms with Crippen LogP contribution in [0.3, 0.4) is 0 Å². The van der Waals surface area contributed by atoms with Gasteiger partial charge in [0, 0.05) is 6.42 Å². The number of alkyl halides is 4. The molecule has 0 heterocycles. The second-order valence-electron chi connectivity index (χ2n) is 5.58. The summed E-state index contributed by atoms with van der Waals surface area (Å²) in [5.41, 5.74) is 5.97. The molecular formula is C15H17F4NO2. The number of hydrogen-bond donors (Lipinski definition) is 2. The van der Waals surface area contributed by atoms with E-state index in [1.54, 1.807) is 6.07 Å². The van der Waals surface area contributed by atoms with Gasteiger partial charge in [-0.2, -0.15) is 0 Å². The summed E-state index contributed by atoms with van der Waals surface area (Å²) >= 11 is 0. The second-order valence-corrected chi connectivity index (χ2v) is 5.58. The molecular weight excluding hydrogens is 302 g/mol. The fourth-order valence-electron chi connectivity index (χ4n) is 2.74. The fraction of sp³-hybridized carbons (Fsp3) is 0.533. The van der Waals surface area contributed by atoms with Gasteiger partial charge < -0.3 is 10.8 Å².